The molecule has 0 aromatic heterocycles. The van der Waals surface area contributed by atoms with Crippen LogP contribution in [-0.4, -0.2) is 7.05 Å². The van der Waals surface area contributed by atoms with Gasteiger partial charge in [-0.15, -0.1) is 0 Å². The van der Waals surface area contributed by atoms with Gasteiger partial charge in [0.25, 0.3) is 0 Å². The summed E-state index contributed by atoms with van der Waals surface area (Å²) < 4.78 is 2.12. The van der Waals surface area contributed by atoms with E-state index in [1.165, 1.54) is 5.56 Å². The van der Waals surface area contributed by atoms with Crippen molar-refractivity contribution in [3.8, 4) is 0 Å². The van der Waals surface area contributed by atoms with E-state index < -0.39 is 0 Å². The van der Waals surface area contributed by atoms with E-state index in [9.17, 15) is 0 Å². The zero-order valence-electron chi connectivity index (χ0n) is 10.8. The molecule has 2 rings (SSSR count). The third-order valence-electron chi connectivity index (χ3n) is 3.11. The largest absolute Gasteiger partial charge is 0.313 e. The van der Waals surface area contributed by atoms with Crippen LogP contribution >= 0.6 is 55.1 Å². The van der Waals surface area contributed by atoms with Crippen LogP contribution in [0.2, 0.25) is 10.0 Å². The first-order valence-electron chi connectivity index (χ1n) is 6.07. The highest BCUT2D eigenvalue weighted by molar-refractivity contribution is 9.11. The Morgan fingerprint density at radius 3 is 2.55 bits per heavy atom. The Kier molecular flexibility index (Phi) is 5.94. The summed E-state index contributed by atoms with van der Waals surface area (Å²) in [4.78, 5) is 0. The van der Waals surface area contributed by atoms with Gasteiger partial charge in [0.05, 0.1) is 0 Å². The number of likely N-dealkylation sites (N-methyl/N-ethyl adjacent to an activating group) is 1. The van der Waals surface area contributed by atoms with Gasteiger partial charge in [-0.25, -0.2) is 0 Å². The second-order valence-electron chi connectivity index (χ2n) is 4.45. The normalized spacial score (nSPS) is 12.4. The van der Waals surface area contributed by atoms with Crippen molar-refractivity contribution in [3.63, 3.8) is 0 Å². The maximum absolute atomic E-state index is 6.25. The fraction of sp³-hybridized carbons (Fsp3) is 0.200. The minimum atomic E-state index is 0.151. The molecule has 1 unspecified atom stereocenters. The smallest absolute Gasteiger partial charge is 0.0439 e. The van der Waals surface area contributed by atoms with Crippen molar-refractivity contribution in [2.24, 2.45) is 0 Å². The summed E-state index contributed by atoms with van der Waals surface area (Å²) >= 11 is 19.4. The Balaban J connectivity index is 2.33. The van der Waals surface area contributed by atoms with Crippen LogP contribution in [0.4, 0.5) is 0 Å². The molecule has 0 spiro atoms. The van der Waals surface area contributed by atoms with Crippen LogP contribution in [0.25, 0.3) is 0 Å². The zero-order chi connectivity index (χ0) is 14.7. The Labute approximate surface area is 145 Å². The minimum absolute atomic E-state index is 0.151. The third kappa shape index (κ3) is 3.99. The van der Waals surface area contributed by atoms with E-state index in [-0.39, 0.29) is 6.04 Å². The van der Waals surface area contributed by atoms with Crippen LogP contribution in [0.1, 0.15) is 17.2 Å². The Bertz CT molecular complexity index is 617. The predicted molar refractivity (Wildman–Crippen MR) is 93.8 cm³/mol. The average molecular weight is 438 g/mol. The second-order valence-corrected chi connectivity index (χ2v) is 7.06. The zero-order valence-corrected chi connectivity index (χ0v) is 15.4. The van der Waals surface area contributed by atoms with Crippen molar-refractivity contribution in [1.82, 2.24) is 5.32 Å². The molecule has 1 atom stereocenters. The van der Waals surface area contributed by atoms with E-state index in [2.05, 4.69) is 43.2 Å². The molecule has 2 aromatic carbocycles. The minimum Gasteiger partial charge on any atom is -0.313 e. The summed E-state index contributed by atoms with van der Waals surface area (Å²) in [7, 11) is 1.94. The van der Waals surface area contributed by atoms with Crippen molar-refractivity contribution in [2.45, 2.75) is 12.5 Å². The molecule has 0 amide bonds. The number of benzene rings is 2. The summed E-state index contributed by atoms with van der Waals surface area (Å²) in [6.07, 6.45) is 0.769. The highest BCUT2D eigenvalue weighted by Gasteiger charge is 2.15. The molecular weight excluding hydrogens is 425 g/mol. The van der Waals surface area contributed by atoms with Crippen molar-refractivity contribution < 1.29 is 0 Å². The molecule has 0 aliphatic carbocycles. The molecule has 1 nitrogen and oxygen atoms in total. The molecule has 0 aliphatic heterocycles. The van der Waals surface area contributed by atoms with Crippen LogP contribution in [0.5, 0.6) is 0 Å². The first kappa shape index (κ1) is 16.3. The van der Waals surface area contributed by atoms with Gasteiger partial charge in [-0.2, -0.15) is 0 Å². The van der Waals surface area contributed by atoms with Gasteiger partial charge in [-0.05, 0) is 61.0 Å². The van der Waals surface area contributed by atoms with E-state index in [1.807, 2.05) is 31.3 Å². The second kappa shape index (κ2) is 7.28. The Hall–Kier alpha value is -0.0600. The van der Waals surface area contributed by atoms with E-state index in [0.717, 1.165) is 26.0 Å². The lowest BCUT2D eigenvalue weighted by Crippen LogP contribution is -2.19. The first-order valence-corrected chi connectivity index (χ1v) is 8.41. The van der Waals surface area contributed by atoms with Gasteiger partial charge < -0.3 is 5.32 Å². The molecule has 0 heterocycles. The van der Waals surface area contributed by atoms with E-state index in [4.69, 9.17) is 23.2 Å². The topological polar surface area (TPSA) is 12.0 Å². The molecule has 0 bridgehead atoms. The average Bonchev–Trinajstić information content (AvgIpc) is 2.42. The molecular formula is C15H13Br2Cl2N. The highest BCUT2D eigenvalue weighted by atomic mass is 79.9. The summed E-state index contributed by atoms with van der Waals surface area (Å²) in [6, 6.07) is 11.8. The van der Waals surface area contributed by atoms with Crippen LogP contribution in [0.15, 0.2) is 45.3 Å². The van der Waals surface area contributed by atoms with Crippen LogP contribution < -0.4 is 5.32 Å². The Morgan fingerprint density at radius 2 is 1.85 bits per heavy atom. The van der Waals surface area contributed by atoms with Gasteiger partial charge in [0, 0.05) is 25.0 Å². The molecule has 5 heteroatoms. The first-order chi connectivity index (χ1) is 9.51. The van der Waals surface area contributed by atoms with Crippen LogP contribution in [-0.2, 0) is 6.42 Å². The molecule has 0 saturated carbocycles. The lowest BCUT2D eigenvalue weighted by Gasteiger charge is -2.19. The van der Waals surface area contributed by atoms with E-state index in [1.54, 1.807) is 6.07 Å². The summed E-state index contributed by atoms with van der Waals surface area (Å²) in [5, 5.41) is 4.77. The van der Waals surface area contributed by atoms with Crippen molar-refractivity contribution >= 4 is 55.1 Å². The molecule has 0 saturated heterocycles. The summed E-state index contributed by atoms with van der Waals surface area (Å²) in [6.45, 7) is 0. The number of nitrogens with one attached hydrogen (secondary N) is 1. The number of hydrogen-bond donors (Lipinski definition) is 1. The number of rotatable bonds is 4. The molecule has 1 N–H and O–H groups in total. The number of halogens is 4. The van der Waals surface area contributed by atoms with Crippen molar-refractivity contribution in [1.29, 1.82) is 0 Å². The molecule has 0 fully saturated rings. The van der Waals surface area contributed by atoms with Crippen LogP contribution in [0, 0.1) is 0 Å². The molecule has 2 aromatic rings. The van der Waals surface area contributed by atoms with Crippen LogP contribution in [0.3, 0.4) is 0 Å². The fourth-order valence-electron chi connectivity index (χ4n) is 2.07. The maximum atomic E-state index is 6.25. The van der Waals surface area contributed by atoms with Gasteiger partial charge in [-0.1, -0.05) is 55.1 Å². The Morgan fingerprint density at radius 1 is 1.10 bits per heavy atom. The molecule has 0 radical (unpaired) electrons. The lowest BCUT2D eigenvalue weighted by molar-refractivity contribution is 0.589. The fourth-order valence-corrected chi connectivity index (χ4v) is 3.36. The maximum Gasteiger partial charge on any atom is 0.0439 e. The predicted octanol–water partition coefficient (Wildman–Crippen LogP) is 6.02. The van der Waals surface area contributed by atoms with Crippen molar-refractivity contribution in [2.75, 3.05) is 7.05 Å². The standard InChI is InChI=1S/C15H13Br2Cl2N/c1-20-15(12-8-10(16)2-4-13(12)17)7-9-6-11(18)3-5-14(9)19/h2-6,8,15,20H,7H2,1H3. The van der Waals surface area contributed by atoms with Gasteiger partial charge in [0.2, 0.25) is 0 Å². The quantitative estimate of drug-likeness (QED) is 0.616. The van der Waals surface area contributed by atoms with E-state index >= 15 is 0 Å². The van der Waals surface area contributed by atoms with Gasteiger partial charge in [-0.3, -0.25) is 0 Å². The monoisotopic (exact) mass is 435 g/mol. The molecule has 20 heavy (non-hydrogen) atoms. The van der Waals surface area contributed by atoms with Crippen molar-refractivity contribution in [3.05, 3.63) is 66.5 Å². The highest BCUT2D eigenvalue weighted by Crippen LogP contribution is 2.31. The lowest BCUT2D eigenvalue weighted by atomic mass is 9.99. The molecule has 0 aliphatic rings. The number of hydrogen-bond acceptors (Lipinski definition) is 1. The third-order valence-corrected chi connectivity index (χ3v) is 4.93. The van der Waals surface area contributed by atoms with Gasteiger partial charge >= 0.3 is 0 Å². The van der Waals surface area contributed by atoms with Gasteiger partial charge in [0.15, 0.2) is 0 Å². The van der Waals surface area contributed by atoms with Gasteiger partial charge in [0.1, 0.15) is 0 Å². The molecule has 106 valence electrons. The summed E-state index contributed by atoms with van der Waals surface area (Å²) in [5.41, 5.74) is 2.21. The SMILES string of the molecule is CNC(Cc1cc(Cl)ccc1Cl)c1cc(Br)ccc1Br. The van der Waals surface area contributed by atoms with E-state index in [0.29, 0.717) is 5.02 Å². The summed E-state index contributed by atoms with van der Waals surface area (Å²) in [5.74, 6) is 0.